The molecule has 1 N–H and O–H groups in total. The van der Waals surface area contributed by atoms with Gasteiger partial charge >= 0.3 is 11.9 Å². The zero-order valence-corrected chi connectivity index (χ0v) is 41.2. The number of aliphatic hydroxyl groups excluding tert-OH is 1. The summed E-state index contributed by atoms with van der Waals surface area (Å²) in [6.45, 7) is 3.85. The predicted octanol–water partition coefficient (Wildman–Crippen LogP) is 17.5. The molecule has 0 heterocycles. The first kappa shape index (κ1) is 60.3. The molecule has 0 aromatic heterocycles. The summed E-state index contributed by atoms with van der Waals surface area (Å²) >= 11 is 0. The first-order valence-corrected chi connectivity index (χ1v) is 26.1. The van der Waals surface area contributed by atoms with Gasteiger partial charge in [-0.2, -0.15) is 0 Å². The van der Waals surface area contributed by atoms with Crippen molar-refractivity contribution in [3.63, 3.8) is 0 Å². The van der Waals surface area contributed by atoms with Crippen LogP contribution in [0.15, 0.2) is 122 Å². The zero-order chi connectivity index (χ0) is 46.3. The van der Waals surface area contributed by atoms with Gasteiger partial charge in [0.2, 0.25) is 0 Å². The molecule has 0 radical (unpaired) electrons. The summed E-state index contributed by atoms with van der Waals surface area (Å²) in [5.74, 6) is -0.692. The van der Waals surface area contributed by atoms with Crippen molar-refractivity contribution in [2.75, 3.05) is 13.2 Å². The van der Waals surface area contributed by atoms with Crippen molar-refractivity contribution < 1.29 is 24.2 Å². The maximum atomic E-state index is 12.2. The number of esters is 2. The van der Waals surface area contributed by atoms with Crippen LogP contribution in [0.2, 0.25) is 0 Å². The molecule has 0 bridgehead atoms. The normalized spacial score (nSPS) is 13.2. The number of carbonyl (C=O) groups is 2. The van der Waals surface area contributed by atoms with Crippen LogP contribution < -0.4 is 0 Å². The van der Waals surface area contributed by atoms with Crippen LogP contribution in [0.4, 0.5) is 0 Å². The molecule has 1 atom stereocenters. The first-order valence-electron chi connectivity index (χ1n) is 26.1. The number of carbonyl (C=O) groups excluding carboxylic acids is 2. The van der Waals surface area contributed by atoms with E-state index < -0.39 is 12.1 Å². The summed E-state index contributed by atoms with van der Waals surface area (Å²) in [5, 5.41) is 9.61. The molecule has 0 fully saturated rings. The SMILES string of the molecule is CC/C=C\C/C=C\C/C=C\C/C=C\C/C=C\C/C=C\CCC(=O)OC(CO)COC(=O)CCCCCCCCCCCCCCCCCCCC/C=C\C/C=C\C/C=C\C/C=C\CC. The highest BCUT2D eigenvalue weighted by Gasteiger charge is 2.15. The second-order valence-electron chi connectivity index (χ2n) is 16.8. The minimum atomic E-state index is -0.819. The second-order valence-corrected chi connectivity index (χ2v) is 16.8. The second kappa shape index (κ2) is 53.6. The van der Waals surface area contributed by atoms with Crippen LogP contribution in [0.1, 0.15) is 219 Å². The molecule has 0 aliphatic heterocycles. The lowest BCUT2D eigenvalue weighted by Crippen LogP contribution is -2.28. The molecule has 0 aliphatic carbocycles. The first-order chi connectivity index (χ1) is 31.6. The van der Waals surface area contributed by atoms with Gasteiger partial charge < -0.3 is 14.6 Å². The summed E-state index contributed by atoms with van der Waals surface area (Å²) in [7, 11) is 0. The Kier molecular flexibility index (Phi) is 50.5. The number of allylic oxidation sites excluding steroid dienone is 20. The Morgan fingerprint density at radius 3 is 1.00 bits per heavy atom. The van der Waals surface area contributed by atoms with Crippen LogP contribution in [0.5, 0.6) is 0 Å². The fraction of sp³-hybridized carbons (Fsp3) is 0.627. The van der Waals surface area contributed by atoms with E-state index in [1.165, 1.54) is 103 Å². The molecular formula is C59H96O5. The molecule has 0 saturated heterocycles. The van der Waals surface area contributed by atoms with Crippen LogP contribution in [-0.2, 0) is 19.1 Å². The van der Waals surface area contributed by atoms with Gasteiger partial charge in [0, 0.05) is 12.8 Å². The Hall–Kier alpha value is -3.70. The lowest BCUT2D eigenvalue weighted by atomic mass is 10.0. The third-order valence-electron chi connectivity index (χ3n) is 10.8. The third kappa shape index (κ3) is 50.9. The summed E-state index contributed by atoms with van der Waals surface area (Å²) in [5.41, 5.74) is 0. The zero-order valence-electron chi connectivity index (χ0n) is 41.2. The molecule has 0 amide bonds. The van der Waals surface area contributed by atoms with Gasteiger partial charge in [-0.25, -0.2) is 0 Å². The molecule has 1 unspecified atom stereocenters. The van der Waals surface area contributed by atoms with E-state index in [4.69, 9.17) is 9.47 Å². The predicted molar refractivity (Wildman–Crippen MR) is 278 cm³/mol. The van der Waals surface area contributed by atoms with E-state index in [2.05, 4.69) is 123 Å². The van der Waals surface area contributed by atoms with Gasteiger partial charge in [-0.3, -0.25) is 9.59 Å². The number of hydrogen-bond donors (Lipinski definition) is 1. The van der Waals surface area contributed by atoms with Crippen LogP contribution in [0.25, 0.3) is 0 Å². The van der Waals surface area contributed by atoms with Crippen molar-refractivity contribution >= 4 is 11.9 Å². The smallest absolute Gasteiger partial charge is 0.306 e. The maximum Gasteiger partial charge on any atom is 0.306 e. The minimum absolute atomic E-state index is 0.102. The van der Waals surface area contributed by atoms with Crippen LogP contribution in [-0.4, -0.2) is 36.4 Å². The van der Waals surface area contributed by atoms with E-state index in [0.29, 0.717) is 12.8 Å². The van der Waals surface area contributed by atoms with Crippen molar-refractivity contribution in [2.45, 2.75) is 225 Å². The van der Waals surface area contributed by atoms with E-state index in [-0.39, 0.29) is 25.6 Å². The van der Waals surface area contributed by atoms with Crippen LogP contribution in [0, 0.1) is 0 Å². The lowest BCUT2D eigenvalue weighted by Gasteiger charge is -2.15. The number of rotatable bonds is 46. The molecule has 0 aromatic carbocycles. The quantitative estimate of drug-likeness (QED) is 0.0375. The highest BCUT2D eigenvalue weighted by Crippen LogP contribution is 2.15. The lowest BCUT2D eigenvalue weighted by molar-refractivity contribution is -0.161. The average Bonchev–Trinajstić information content (AvgIpc) is 3.30. The van der Waals surface area contributed by atoms with Crippen molar-refractivity contribution in [3.05, 3.63) is 122 Å². The Morgan fingerprint density at radius 1 is 0.359 bits per heavy atom. The summed E-state index contributed by atoms with van der Waals surface area (Å²) < 4.78 is 10.6. The van der Waals surface area contributed by atoms with Gasteiger partial charge in [-0.1, -0.05) is 238 Å². The number of unbranched alkanes of at least 4 members (excludes halogenated alkanes) is 18. The standard InChI is InChI=1S/C59H96O5/c1-3-5-7-9-11-13-15-17-19-21-23-24-25-26-27-28-29-30-31-32-33-34-36-37-39-41-43-45-47-49-51-53-58(61)63-56-57(55-60)64-59(62)54-52-50-48-46-44-42-40-38-35-22-20-18-16-14-12-10-8-6-4-2/h5-8,11-14,17-20,23-24,35,38,42,44,48,50,57,60H,3-4,9-10,15-16,21-22,25-34,36-37,39-41,43,45-47,49,51-56H2,1-2H3/b7-5-,8-6-,13-11-,14-12-,19-17-,20-18-,24-23-,38-35-,44-42-,50-48-. The van der Waals surface area contributed by atoms with Crippen molar-refractivity contribution in [2.24, 2.45) is 0 Å². The van der Waals surface area contributed by atoms with E-state index in [9.17, 15) is 14.7 Å². The van der Waals surface area contributed by atoms with Gasteiger partial charge in [0.25, 0.3) is 0 Å². The summed E-state index contributed by atoms with van der Waals surface area (Å²) in [6, 6.07) is 0. The molecule has 0 rings (SSSR count). The number of ether oxygens (including phenoxy) is 2. The van der Waals surface area contributed by atoms with Crippen molar-refractivity contribution in [3.8, 4) is 0 Å². The van der Waals surface area contributed by atoms with Crippen molar-refractivity contribution in [1.82, 2.24) is 0 Å². The molecule has 362 valence electrons. The highest BCUT2D eigenvalue weighted by molar-refractivity contribution is 5.70. The minimum Gasteiger partial charge on any atom is -0.462 e. The topological polar surface area (TPSA) is 72.8 Å². The summed E-state index contributed by atoms with van der Waals surface area (Å²) in [6.07, 6.45) is 78.9. The van der Waals surface area contributed by atoms with Gasteiger partial charge in [0.15, 0.2) is 6.10 Å². The van der Waals surface area contributed by atoms with E-state index in [1.54, 1.807) is 0 Å². The molecule has 5 nitrogen and oxygen atoms in total. The molecule has 0 aromatic rings. The van der Waals surface area contributed by atoms with E-state index in [1.807, 2.05) is 12.2 Å². The Morgan fingerprint density at radius 2 is 0.656 bits per heavy atom. The monoisotopic (exact) mass is 885 g/mol. The molecule has 0 aliphatic rings. The summed E-state index contributed by atoms with van der Waals surface area (Å²) in [4.78, 5) is 24.4. The number of hydrogen-bond acceptors (Lipinski definition) is 5. The largest absolute Gasteiger partial charge is 0.462 e. The Balaban J connectivity index is 3.56. The van der Waals surface area contributed by atoms with Gasteiger partial charge in [-0.15, -0.1) is 0 Å². The number of aliphatic hydroxyl groups is 1. The molecule has 0 saturated carbocycles. The molecule has 0 spiro atoms. The van der Waals surface area contributed by atoms with Crippen molar-refractivity contribution in [1.29, 1.82) is 0 Å². The van der Waals surface area contributed by atoms with E-state index in [0.717, 1.165) is 83.5 Å². The molecule has 64 heavy (non-hydrogen) atoms. The van der Waals surface area contributed by atoms with E-state index >= 15 is 0 Å². The van der Waals surface area contributed by atoms with Crippen LogP contribution >= 0.6 is 0 Å². The fourth-order valence-electron chi connectivity index (χ4n) is 6.93. The fourth-order valence-corrected chi connectivity index (χ4v) is 6.93. The van der Waals surface area contributed by atoms with Crippen LogP contribution in [0.3, 0.4) is 0 Å². The average molecular weight is 885 g/mol. The Bertz CT molecular complexity index is 1320. The van der Waals surface area contributed by atoms with Gasteiger partial charge in [0.05, 0.1) is 6.61 Å². The van der Waals surface area contributed by atoms with Gasteiger partial charge in [-0.05, 0) is 89.9 Å². The molecular weight excluding hydrogens is 789 g/mol. The third-order valence-corrected chi connectivity index (χ3v) is 10.8. The molecule has 5 heteroatoms. The van der Waals surface area contributed by atoms with Gasteiger partial charge in [0.1, 0.15) is 6.61 Å². The maximum absolute atomic E-state index is 12.2. The highest BCUT2D eigenvalue weighted by atomic mass is 16.6. The Labute approximate surface area is 394 Å².